The number of fused-ring (bicyclic) bond motifs is 3. The van der Waals surface area contributed by atoms with Crippen LogP contribution in [-0.2, 0) is 15.1 Å². The van der Waals surface area contributed by atoms with Crippen LogP contribution in [0.25, 0.3) is 0 Å². The predicted molar refractivity (Wildman–Crippen MR) is 123 cm³/mol. The molecule has 2 heterocycles. The number of carbonyl (C=O) groups excluding carboxylic acids is 1. The van der Waals surface area contributed by atoms with Crippen molar-refractivity contribution in [3.63, 3.8) is 0 Å². The molecule has 1 saturated heterocycles. The van der Waals surface area contributed by atoms with E-state index in [4.69, 9.17) is 28.4 Å². The first-order valence-corrected chi connectivity index (χ1v) is 11.7. The molecule has 0 amide bonds. The van der Waals surface area contributed by atoms with E-state index in [0.717, 1.165) is 5.56 Å². The minimum Gasteiger partial charge on any atom is -0.493 e. The molecule has 2 aromatic carbocycles. The summed E-state index contributed by atoms with van der Waals surface area (Å²) in [6, 6.07) is 7.11. The Labute approximate surface area is 203 Å². The molecule has 2 aliphatic heterocycles. The van der Waals surface area contributed by atoms with Crippen LogP contribution in [-0.4, -0.2) is 57.0 Å². The number of hydrogen-bond acceptors (Lipinski definition) is 9. The van der Waals surface area contributed by atoms with Gasteiger partial charge in [0, 0.05) is 11.8 Å². The highest BCUT2D eigenvalue weighted by Crippen LogP contribution is 2.58. The molecule has 1 aliphatic carbocycles. The van der Waals surface area contributed by atoms with E-state index in [2.05, 4.69) is 0 Å². The third kappa shape index (κ3) is 3.40. The molecular weight excluding hydrogens is 456 g/mol. The van der Waals surface area contributed by atoms with Gasteiger partial charge >= 0.3 is 5.97 Å². The third-order valence-electron chi connectivity index (χ3n) is 7.46. The molecule has 0 unspecified atom stereocenters. The van der Waals surface area contributed by atoms with Crippen LogP contribution in [0.3, 0.4) is 0 Å². The highest BCUT2D eigenvalue weighted by molar-refractivity contribution is 5.79. The van der Waals surface area contributed by atoms with Crippen LogP contribution >= 0.6 is 0 Å². The molecule has 5 atom stereocenters. The van der Waals surface area contributed by atoms with Gasteiger partial charge in [-0.2, -0.15) is 0 Å². The largest absolute Gasteiger partial charge is 0.493 e. The van der Waals surface area contributed by atoms with Gasteiger partial charge in [0.15, 0.2) is 23.0 Å². The van der Waals surface area contributed by atoms with Gasteiger partial charge in [-0.05, 0) is 47.4 Å². The van der Waals surface area contributed by atoms with E-state index < -0.39 is 35.4 Å². The smallest absolute Gasteiger partial charge is 0.310 e. The first-order valence-electron chi connectivity index (χ1n) is 11.7. The fourth-order valence-electron chi connectivity index (χ4n) is 5.85. The molecule has 0 aromatic heterocycles. The van der Waals surface area contributed by atoms with Crippen molar-refractivity contribution < 1.29 is 43.4 Å². The number of ether oxygens (including phenoxy) is 6. The lowest BCUT2D eigenvalue weighted by Gasteiger charge is -2.47. The first kappa shape index (κ1) is 23.6. The Hall–Kier alpha value is -3.17. The lowest BCUT2D eigenvalue weighted by atomic mass is 9.58. The molecule has 35 heavy (non-hydrogen) atoms. The van der Waals surface area contributed by atoms with E-state index in [1.165, 1.54) is 21.3 Å². The van der Waals surface area contributed by atoms with E-state index in [1.54, 1.807) is 24.3 Å². The first-order chi connectivity index (χ1) is 16.9. The normalized spacial score (nSPS) is 27.0. The van der Waals surface area contributed by atoms with Crippen molar-refractivity contribution >= 4 is 5.97 Å². The van der Waals surface area contributed by atoms with Gasteiger partial charge in [0.25, 0.3) is 0 Å². The molecule has 0 bridgehead atoms. The molecule has 0 saturated carbocycles. The zero-order chi connectivity index (χ0) is 24.9. The van der Waals surface area contributed by atoms with E-state index in [1.807, 2.05) is 6.92 Å². The minimum atomic E-state index is -1.71. The third-order valence-corrected chi connectivity index (χ3v) is 7.46. The Balaban J connectivity index is 1.79. The van der Waals surface area contributed by atoms with Crippen molar-refractivity contribution in [3.8, 4) is 28.7 Å². The van der Waals surface area contributed by atoms with E-state index in [0.29, 0.717) is 52.7 Å². The summed E-state index contributed by atoms with van der Waals surface area (Å²) in [5.41, 5.74) is 0.170. The van der Waals surface area contributed by atoms with Crippen LogP contribution in [0.5, 0.6) is 28.7 Å². The van der Waals surface area contributed by atoms with Crippen molar-refractivity contribution in [2.75, 3.05) is 34.7 Å². The summed E-state index contributed by atoms with van der Waals surface area (Å²) in [5, 5.41) is 23.3. The van der Waals surface area contributed by atoms with Gasteiger partial charge in [-0.15, -0.1) is 0 Å². The van der Waals surface area contributed by atoms with Crippen molar-refractivity contribution in [3.05, 3.63) is 41.0 Å². The van der Waals surface area contributed by atoms with Crippen molar-refractivity contribution in [1.29, 1.82) is 0 Å². The Morgan fingerprint density at radius 1 is 1.03 bits per heavy atom. The second kappa shape index (κ2) is 8.80. The number of methoxy groups -OCH3 is 3. The van der Waals surface area contributed by atoms with Crippen LogP contribution in [0.2, 0.25) is 0 Å². The van der Waals surface area contributed by atoms with Crippen LogP contribution in [0.15, 0.2) is 24.3 Å². The summed E-state index contributed by atoms with van der Waals surface area (Å²) in [4.78, 5) is 13.2. The summed E-state index contributed by atoms with van der Waals surface area (Å²) in [6.45, 7) is 1.98. The second-order valence-electron chi connectivity index (χ2n) is 9.12. The van der Waals surface area contributed by atoms with E-state index in [-0.39, 0.29) is 13.4 Å². The van der Waals surface area contributed by atoms with Crippen LogP contribution in [0, 0.1) is 11.8 Å². The number of esters is 1. The van der Waals surface area contributed by atoms with Crippen LogP contribution < -0.4 is 23.7 Å². The number of hydrogen-bond donors (Lipinski definition) is 2. The predicted octanol–water partition coefficient (Wildman–Crippen LogP) is 2.72. The molecule has 2 N–H and O–H groups in total. The molecule has 0 spiro atoms. The van der Waals surface area contributed by atoms with Gasteiger partial charge in [-0.1, -0.05) is 13.3 Å². The lowest BCUT2D eigenvalue weighted by Crippen LogP contribution is -2.53. The number of aliphatic hydroxyl groups excluding tert-OH is 1. The number of aliphatic hydroxyl groups is 2. The molecule has 1 fully saturated rings. The number of carbonyl (C=O) groups is 1. The van der Waals surface area contributed by atoms with Gasteiger partial charge in [-0.25, -0.2) is 0 Å². The van der Waals surface area contributed by atoms with Gasteiger partial charge < -0.3 is 38.6 Å². The quantitative estimate of drug-likeness (QED) is 0.571. The average molecular weight is 487 g/mol. The molecular formula is C26H30O9. The van der Waals surface area contributed by atoms with Crippen molar-refractivity contribution in [1.82, 2.24) is 0 Å². The summed E-state index contributed by atoms with van der Waals surface area (Å²) >= 11 is 0. The molecule has 3 aliphatic rings. The van der Waals surface area contributed by atoms with Gasteiger partial charge in [0.1, 0.15) is 5.60 Å². The molecule has 188 valence electrons. The zero-order valence-corrected chi connectivity index (χ0v) is 20.2. The average Bonchev–Trinajstić information content (AvgIpc) is 3.49. The summed E-state index contributed by atoms with van der Waals surface area (Å²) in [5.74, 6) is -0.0625. The Bertz CT molecular complexity index is 1120. The topological polar surface area (TPSA) is 113 Å². The Morgan fingerprint density at radius 3 is 2.29 bits per heavy atom. The fraction of sp³-hybridized carbons (Fsp3) is 0.500. The summed E-state index contributed by atoms with van der Waals surface area (Å²) in [7, 11) is 4.58. The van der Waals surface area contributed by atoms with E-state index in [9.17, 15) is 15.0 Å². The van der Waals surface area contributed by atoms with E-state index >= 15 is 0 Å². The van der Waals surface area contributed by atoms with Gasteiger partial charge in [0.2, 0.25) is 12.5 Å². The van der Waals surface area contributed by atoms with Gasteiger partial charge in [-0.3, -0.25) is 4.79 Å². The number of rotatable bonds is 7. The number of cyclic esters (lactones) is 1. The molecule has 0 radical (unpaired) electrons. The highest BCUT2D eigenvalue weighted by Gasteiger charge is 2.61. The lowest BCUT2D eigenvalue weighted by molar-refractivity contribution is -0.147. The molecule has 9 heteroatoms. The maximum atomic E-state index is 13.2. The Kier molecular flexibility index (Phi) is 5.93. The van der Waals surface area contributed by atoms with Crippen LogP contribution in [0.4, 0.5) is 0 Å². The summed E-state index contributed by atoms with van der Waals surface area (Å²) in [6.07, 6.45) is -0.0859. The summed E-state index contributed by atoms with van der Waals surface area (Å²) < 4.78 is 33.4. The monoisotopic (exact) mass is 486 g/mol. The maximum absolute atomic E-state index is 13.2. The highest BCUT2D eigenvalue weighted by atomic mass is 16.7. The van der Waals surface area contributed by atoms with Gasteiger partial charge in [0.05, 0.1) is 40.0 Å². The number of benzene rings is 2. The maximum Gasteiger partial charge on any atom is 0.310 e. The van der Waals surface area contributed by atoms with Crippen LogP contribution in [0.1, 0.15) is 42.4 Å². The standard InChI is InChI=1S/C26H30O9/c1-5-6-21(27)26(29)15-10-18-17(34-12-35-18)9-14(15)22(23-16(26)11-33-25(23)28)13-7-19(30-2)24(32-4)20(8-13)31-3/h7-10,16,21-23,27,29H,5-6,11-12H2,1-4H3/t16-,21-,22+,23-,26+/m0/s1. The van der Waals surface area contributed by atoms with Crippen molar-refractivity contribution in [2.45, 2.75) is 37.4 Å². The fourth-order valence-corrected chi connectivity index (χ4v) is 5.85. The molecule has 9 nitrogen and oxygen atoms in total. The zero-order valence-electron chi connectivity index (χ0n) is 20.2. The molecule has 2 aromatic rings. The molecule has 5 rings (SSSR count). The Morgan fingerprint density at radius 2 is 1.69 bits per heavy atom. The van der Waals surface area contributed by atoms with Crippen molar-refractivity contribution in [2.24, 2.45) is 11.8 Å². The minimum absolute atomic E-state index is 0.00438. The SMILES string of the molecule is CCC[C@H](O)[C@@]1(O)c2cc3c(cc2[C@@H](c2cc(OC)c(OC)c(OC)c2)[C@H]2C(=O)OC[C@@H]21)OCO3. The second-order valence-corrected chi connectivity index (χ2v) is 9.12.